The third-order valence-corrected chi connectivity index (χ3v) is 5.08. The van der Waals surface area contributed by atoms with E-state index < -0.39 is 11.8 Å². The van der Waals surface area contributed by atoms with Crippen LogP contribution in [0, 0.1) is 0 Å². The van der Waals surface area contributed by atoms with E-state index >= 15 is 0 Å². The number of aryl methyl sites for hydroxylation is 1. The van der Waals surface area contributed by atoms with Crippen molar-refractivity contribution < 1.29 is 14.3 Å². The van der Waals surface area contributed by atoms with Crippen molar-refractivity contribution in [3.63, 3.8) is 0 Å². The first-order valence-electron chi connectivity index (χ1n) is 10.5. The van der Waals surface area contributed by atoms with Gasteiger partial charge in [0.25, 0.3) is 17.4 Å². The number of methoxy groups -OCH3 is 1. The number of hydrogen-bond acceptors (Lipinski definition) is 7. The first kappa shape index (κ1) is 22.5. The lowest BCUT2D eigenvalue weighted by atomic mass is 10.1. The highest BCUT2D eigenvalue weighted by Crippen LogP contribution is 2.27. The molecule has 0 saturated heterocycles. The van der Waals surface area contributed by atoms with Gasteiger partial charge >= 0.3 is 0 Å². The third-order valence-electron chi connectivity index (χ3n) is 5.08. The normalized spacial score (nSPS) is 10.5. The van der Waals surface area contributed by atoms with E-state index in [4.69, 9.17) is 4.74 Å². The number of benzene rings is 2. The molecule has 3 N–H and O–H groups in total. The fraction of sp³-hybridized carbons (Fsp3) is 0.125. The molecule has 172 valence electrons. The fourth-order valence-electron chi connectivity index (χ4n) is 3.42. The smallest absolute Gasteiger partial charge is 0.290 e. The van der Waals surface area contributed by atoms with Crippen LogP contribution in [0.4, 0.5) is 11.5 Å². The van der Waals surface area contributed by atoms with Crippen LogP contribution in [0.3, 0.4) is 0 Å². The molecule has 34 heavy (non-hydrogen) atoms. The summed E-state index contributed by atoms with van der Waals surface area (Å²) in [4.78, 5) is 42.5. The molecule has 0 spiro atoms. The van der Waals surface area contributed by atoms with Crippen molar-refractivity contribution in [3.8, 4) is 5.75 Å². The average molecular weight is 458 g/mol. The first-order valence-corrected chi connectivity index (χ1v) is 10.5. The van der Waals surface area contributed by atoms with Crippen molar-refractivity contribution >= 4 is 34.1 Å². The third kappa shape index (κ3) is 4.42. The fourth-order valence-corrected chi connectivity index (χ4v) is 3.42. The molecule has 4 aromatic rings. The molecule has 0 atom stereocenters. The Bertz CT molecular complexity index is 1430. The van der Waals surface area contributed by atoms with Crippen LogP contribution in [0.25, 0.3) is 10.8 Å². The molecule has 0 fully saturated rings. The molecule has 4 rings (SSSR count). The maximum absolute atomic E-state index is 12.9. The monoisotopic (exact) mass is 458 g/mol. The highest BCUT2D eigenvalue weighted by molar-refractivity contribution is 6.06. The Morgan fingerprint density at radius 3 is 2.41 bits per heavy atom. The molecule has 0 radical (unpaired) electrons. The molecule has 2 amide bonds. The summed E-state index contributed by atoms with van der Waals surface area (Å²) >= 11 is 0. The molecule has 0 bridgehead atoms. The van der Waals surface area contributed by atoms with E-state index in [0.29, 0.717) is 28.8 Å². The lowest BCUT2D eigenvalue weighted by molar-refractivity contribution is 0.0844. The summed E-state index contributed by atoms with van der Waals surface area (Å²) in [6.45, 7) is 2.05. The summed E-state index contributed by atoms with van der Waals surface area (Å²) in [5.41, 5.74) is 5.33. The molecule has 2 aromatic carbocycles. The maximum atomic E-state index is 12.9. The van der Waals surface area contributed by atoms with Gasteiger partial charge < -0.3 is 10.1 Å². The highest BCUT2D eigenvalue weighted by Gasteiger charge is 2.19. The van der Waals surface area contributed by atoms with Gasteiger partial charge in [-0.15, -0.1) is 0 Å². The number of amides is 2. The van der Waals surface area contributed by atoms with E-state index in [2.05, 4.69) is 26.3 Å². The molecule has 0 saturated carbocycles. The number of carbonyl (C=O) groups excluding carboxylic acids is 2. The number of pyridine rings is 1. The number of para-hydroxylation sites is 2. The van der Waals surface area contributed by atoms with Gasteiger partial charge in [0.2, 0.25) is 0 Å². The van der Waals surface area contributed by atoms with Crippen molar-refractivity contribution in [1.82, 2.24) is 25.6 Å². The molecular weight excluding hydrogens is 436 g/mol. The van der Waals surface area contributed by atoms with Crippen LogP contribution in [-0.2, 0) is 6.54 Å². The number of nitrogens with one attached hydrogen (secondary N) is 3. The molecule has 2 aromatic heterocycles. The second kappa shape index (κ2) is 9.82. The van der Waals surface area contributed by atoms with Gasteiger partial charge in [-0.2, -0.15) is 5.10 Å². The van der Waals surface area contributed by atoms with E-state index in [9.17, 15) is 14.4 Å². The number of carbonyl (C=O) groups is 2. The summed E-state index contributed by atoms with van der Waals surface area (Å²) in [6.07, 6.45) is 1.54. The van der Waals surface area contributed by atoms with Crippen LogP contribution in [0.1, 0.15) is 27.8 Å². The summed E-state index contributed by atoms with van der Waals surface area (Å²) in [5, 5.41) is 8.00. The van der Waals surface area contributed by atoms with Crippen LogP contribution in [0.15, 0.2) is 71.7 Å². The predicted octanol–water partition coefficient (Wildman–Crippen LogP) is 2.64. The van der Waals surface area contributed by atoms with Crippen molar-refractivity contribution in [2.75, 3.05) is 12.4 Å². The zero-order valence-corrected chi connectivity index (χ0v) is 18.5. The van der Waals surface area contributed by atoms with Crippen LogP contribution in [0.5, 0.6) is 5.75 Å². The number of hydrogen-bond donors (Lipinski definition) is 3. The average Bonchev–Trinajstić information content (AvgIpc) is 2.88. The number of hydrazine groups is 1. The van der Waals surface area contributed by atoms with Gasteiger partial charge in [0.15, 0.2) is 5.69 Å². The highest BCUT2D eigenvalue weighted by atomic mass is 16.5. The van der Waals surface area contributed by atoms with Gasteiger partial charge in [-0.1, -0.05) is 30.3 Å². The number of anilines is 2. The standard InChI is InChI=1S/C24H22N6O4/c1-3-30-24(33)16-10-5-4-9-15(16)20(29-30)23(32)28-27-22(31)17-11-8-14-25-21(17)26-18-12-6-7-13-19(18)34-2/h4-14H,3H2,1-2H3,(H,25,26)(H,27,31)(H,28,32). The Hall–Kier alpha value is -4.73. The van der Waals surface area contributed by atoms with Gasteiger partial charge in [-0.3, -0.25) is 25.2 Å². The Kier molecular flexibility index (Phi) is 6.49. The lowest BCUT2D eigenvalue weighted by Gasteiger charge is -2.14. The number of rotatable bonds is 6. The van der Waals surface area contributed by atoms with Crippen LogP contribution in [-0.4, -0.2) is 33.7 Å². The predicted molar refractivity (Wildman–Crippen MR) is 127 cm³/mol. The van der Waals surface area contributed by atoms with E-state index in [1.807, 2.05) is 12.1 Å². The molecule has 0 aliphatic carbocycles. The Balaban J connectivity index is 1.56. The molecule has 0 aliphatic heterocycles. The lowest BCUT2D eigenvalue weighted by Crippen LogP contribution is -2.43. The topological polar surface area (TPSA) is 127 Å². The van der Waals surface area contributed by atoms with Crippen molar-refractivity contribution in [1.29, 1.82) is 0 Å². The Morgan fingerprint density at radius 1 is 0.941 bits per heavy atom. The quantitative estimate of drug-likeness (QED) is 0.379. The first-order chi connectivity index (χ1) is 16.5. The summed E-state index contributed by atoms with van der Waals surface area (Å²) in [6, 6.07) is 17.1. The molecule has 0 aliphatic rings. The van der Waals surface area contributed by atoms with Crippen LogP contribution in [0.2, 0.25) is 0 Å². The minimum atomic E-state index is -0.658. The summed E-state index contributed by atoms with van der Waals surface area (Å²) in [5.74, 6) is -0.388. The molecule has 10 nitrogen and oxygen atoms in total. The summed E-state index contributed by atoms with van der Waals surface area (Å²) in [7, 11) is 1.54. The molecular formula is C24H22N6O4. The number of nitrogens with zero attached hydrogens (tertiary/aromatic N) is 3. The number of fused-ring (bicyclic) bond motifs is 1. The largest absolute Gasteiger partial charge is 0.495 e. The van der Waals surface area contributed by atoms with Gasteiger partial charge in [-0.25, -0.2) is 9.67 Å². The van der Waals surface area contributed by atoms with E-state index in [1.165, 1.54) is 10.9 Å². The maximum Gasteiger partial charge on any atom is 0.290 e. The Labute approximate surface area is 194 Å². The van der Waals surface area contributed by atoms with E-state index in [1.54, 1.807) is 62.6 Å². The zero-order chi connectivity index (χ0) is 24.1. The second-order valence-corrected chi connectivity index (χ2v) is 7.15. The van der Waals surface area contributed by atoms with Gasteiger partial charge in [0.05, 0.1) is 23.7 Å². The van der Waals surface area contributed by atoms with E-state index in [-0.39, 0.29) is 22.6 Å². The number of aromatic nitrogens is 3. The minimum Gasteiger partial charge on any atom is -0.495 e. The van der Waals surface area contributed by atoms with Crippen LogP contribution >= 0.6 is 0 Å². The van der Waals surface area contributed by atoms with Crippen molar-refractivity contribution in [2.45, 2.75) is 13.5 Å². The zero-order valence-electron chi connectivity index (χ0n) is 18.5. The molecule has 10 heteroatoms. The van der Waals surface area contributed by atoms with Crippen molar-refractivity contribution in [3.05, 3.63) is 88.5 Å². The Morgan fingerprint density at radius 2 is 1.65 bits per heavy atom. The van der Waals surface area contributed by atoms with E-state index in [0.717, 1.165) is 0 Å². The van der Waals surface area contributed by atoms with Crippen molar-refractivity contribution in [2.24, 2.45) is 0 Å². The second-order valence-electron chi connectivity index (χ2n) is 7.15. The van der Waals surface area contributed by atoms with Gasteiger partial charge in [0.1, 0.15) is 11.6 Å². The van der Waals surface area contributed by atoms with Gasteiger partial charge in [-0.05, 0) is 37.3 Å². The van der Waals surface area contributed by atoms with Crippen LogP contribution < -0.4 is 26.5 Å². The minimum absolute atomic E-state index is 0.0240. The summed E-state index contributed by atoms with van der Waals surface area (Å²) < 4.78 is 6.53. The molecule has 2 heterocycles. The molecule has 0 unspecified atom stereocenters. The SMILES string of the molecule is CCn1nc(C(=O)NNC(=O)c2cccnc2Nc2ccccc2OC)c2ccccc2c1=O. The van der Waals surface area contributed by atoms with Gasteiger partial charge in [0, 0.05) is 18.1 Å². The number of ether oxygens (including phenoxy) is 1.